The van der Waals surface area contributed by atoms with Crippen molar-refractivity contribution in [2.45, 2.75) is 13.5 Å². The van der Waals surface area contributed by atoms with Gasteiger partial charge in [-0.1, -0.05) is 12.1 Å². The van der Waals surface area contributed by atoms with E-state index in [0.29, 0.717) is 19.0 Å². The van der Waals surface area contributed by atoms with Crippen LogP contribution in [0.4, 0.5) is 5.95 Å². The average Bonchev–Trinajstić information content (AvgIpc) is 2.47. The van der Waals surface area contributed by atoms with Crippen molar-refractivity contribution in [3.8, 4) is 0 Å². The molecule has 1 aromatic carbocycles. The minimum atomic E-state index is 0.541. The number of nitrogens with zero attached hydrogens (tertiary/aromatic N) is 2. The lowest BCUT2D eigenvalue weighted by Gasteiger charge is -2.03. The van der Waals surface area contributed by atoms with E-state index in [4.69, 9.17) is 11.5 Å². The molecule has 2 aromatic rings. The van der Waals surface area contributed by atoms with Crippen molar-refractivity contribution in [2.75, 3.05) is 12.3 Å². The molecule has 0 aliphatic carbocycles. The summed E-state index contributed by atoms with van der Waals surface area (Å²) in [5.74, 6) is 0.541. The number of imidazole rings is 1. The molecule has 2 rings (SSSR count). The van der Waals surface area contributed by atoms with Crippen LogP contribution in [0.15, 0.2) is 18.2 Å². The standard InChI is InChI=1S/C10H14N4/c1-7-3-2-4-8-9(7)13-10(12)14(8)6-5-11/h2-4H,5-6,11H2,1H3,(H2,12,13). The van der Waals surface area contributed by atoms with E-state index in [2.05, 4.69) is 4.98 Å². The molecule has 1 aromatic heterocycles. The van der Waals surface area contributed by atoms with Gasteiger partial charge in [0.05, 0.1) is 11.0 Å². The molecule has 0 bridgehead atoms. The second-order valence-corrected chi connectivity index (χ2v) is 3.35. The van der Waals surface area contributed by atoms with Gasteiger partial charge < -0.3 is 16.0 Å². The highest BCUT2D eigenvalue weighted by molar-refractivity contribution is 5.81. The Morgan fingerprint density at radius 2 is 2.21 bits per heavy atom. The van der Waals surface area contributed by atoms with E-state index in [-0.39, 0.29) is 0 Å². The monoisotopic (exact) mass is 190 g/mol. The Bertz CT molecular complexity index is 458. The molecule has 0 fully saturated rings. The van der Waals surface area contributed by atoms with Crippen LogP contribution in [0.3, 0.4) is 0 Å². The van der Waals surface area contributed by atoms with Gasteiger partial charge in [-0.25, -0.2) is 4.98 Å². The molecule has 4 heteroatoms. The molecule has 0 aliphatic heterocycles. The molecule has 1 heterocycles. The molecular formula is C10H14N4. The van der Waals surface area contributed by atoms with Gasteiger partial charge in [0.2, 0.25) is 5.95 Å². The Hall–Kier alpha value is -1.55. The SMILES string of the molecule is Cc1cccc2c1nc(N)n2CCN. The van der Waals surface area contributed by atoms with E-state index in [9.17, 15) is 0 Å². The van der Waals surface area contributed by atoms with Crippen molar-refractivity contribution in [1.29, 1.82) is 0 Å². The zero-order chi connectivity index (χ0) is 10.1. The number of hydrogen-bond donors (Lipinski definition) is 2. The minimum Gasteiger partial charge on any atom is -0.369 e. The van der Waals surface area contributed by atoms with Crippen LogP contribution in [0.25, 0.3) is 11.0 Å². The summed E-state index contributed by atoms with van der Waals surface area (Å²) in [4.78, 5) is 4.32. The van der Waals surface area contributed by atoms with Crippen LogP contribution in [-0.4, -0.2) is 16.1 Å². The van der Waals surface area contributed by atoms with E-state index in [1.165, 1.54) is 0 Å². The van der Waals surface area contributed by atoms with Gasteiger partial charge in [-0.05, 0) is 18.6 Å². The maximum atomic E-state index is 5.80. The number of nitrogen functional groups attached to an aromatic ring is 1. The van der Waals surface area contributed by atoms with Crippen molar-refractivity contribution in [3.63, 3.8) is 0 Å². The van der Waals surface area contributed by atoms with Crippen LogP contribution in [0.1, 0.15) is 5.56 Å². The molecular weight excluding hydrogens is 176 g/mol. The maximum absolute atomic E-state index is 5.80. The van der Waals surface area contributed by atoms with Crippen LogP contribution in [0, 0.1) is 6.92 Å². The topological polar surface area (TPSA) is 69.9 Å². The average molecular weight is 190 g/mol. The van der Waals surface area contributed by atoms with Gasteiger partial charge in [0, 0.05) is 13.1 Å². The van der Waals surface area contributed by atoms with Gasteiger partial charge in [-0.15, -0.1) is 0 Å². The van der Waals surface area contributed by atoms with Gasteiger partial charge in [-0.3, -0.25) is 0 Å². The first-order chi connectivity index (χ1) is 6.74. The van der Waals surface area contributed by atoms with E-state index < -0.39 is 0 Å². The molecule has 4 nitrogen and oxygen atoms in total. The third-order valence-corrected chi connectivity index (χ3v) is 2.36. The molecule has 0 radical (unpaired) electrons. The zero-order valence-corrected chi connectivity index (χ0v) is 8.20. The second kappa shape index (κ2) is 3.31. The Morgan fingerprint density at radius 3 is 2.93 bits per heavy atom. The van der Waals surface area contributed by atoms with Gasteiger partial charge >= 0.3 is 0 Å². The number of anilines is 1. The highest BCUT2D eigenvalue weighted by atomic mass is 15.2. The summed E-state index contributed by atoms with van der Waals surface area (Å²) >= 11 is 0. The van der Waals surface area contributed by atoms with Gasteiger partial charge in [0.25, 0.3) is 0 Å². The third kappa shape index (κ3) is 1.24. The predicted octanol–water partition coefficient (Wildman–Crippen LogP) is 0.886. The lowest BCUT2D eigenvalue weighted by Crippen LogP contribution is -2.11. The number of para-hydroxylation sites is 1. The molecule has 0 unspecified atom stereocenters. The number of aryl methyl sites for hydroxylation is 1. The van der Waals surface area contributed by atoms with Crippen molar-refractivity contribution in [3.05, 3.63) is 23.8 Å². The number of aromatic nitrogens is 2. The van der Waals surface area contributed by atoms with Gasteiger partial charge in [-0.2, -0.15) is 0 Å². The summed E-state index contributed by atoms with van der Waals surface area (Å²) < 4.78 is 1.95. The molecule has 0 saturated heterocycles. The first kappa shape index (κ1) is 9.02. The fraction of sp³-hybridized carbons (Fsp3) is 0.300. The fourth-order valence-corrected chi connectivity index (χ4v) is 1.67. The van der Waals surface area contributed by atoms with Crippen molar-refractivity contribution in [2.24, 2.45) is 5.73 Å². The summed E-state index contributed by atoms with van der Waals surface area (Å²) in [5.41, 5.74) is 14.5. The molecule has 14 heavy (non-hydrogen) atoms. The number of fused-ring (bicyclic) bond motifs is 1. The Morgan fingerprint density at radius 1 is 1.43 bits per heavy atom. The van der Waals surface area contributed by atoms with Crippen LogP contribution in [-0.2, 0) is 6.54 Å². The van der Waals surface area contributed by atoms with E-state index in [1.54, 1.807) is 0 Å². The summed E-state index contributed by atoms with van der Waals surface area (Å²) in [7, 11) is 0. The molecule has 0 aliphatic rings. The smallest absolute Gasteiger partial charge is 0.201 e. The quantitative estimate of drug-likeness (QED) is 0.738. The second-order valence-electron chi connectivity index (χ2n) is 3.35. The van der Waals surface area contributed by atoms with Gasteiger partial charge in [0.1, 0.15) is 0 Å². The number of rotatable bonds is 2. The first-order valence-electron chi connectivity index (χ1n) is 4.65. The summed E-state index contributed by atoms with van der Waals surface area (Å²) in [6.45, 7) is 3.32. The third-order valence-electron chi connectivity index (χ3n) is 2.36. The predicted molar refractivity (Wildman–Crippen MR) is 57.9 cm³/mol. The van der Waals surface area contributed by atoms with Crippen molar-refractivity contribution < 1.29 is 0 Å². The molecule has 0 atom stereocenters. The highest BCUT2D eigenvalue weighted by Crippen LogP contribution is 2.20. The van der Waals surface area contributed by atoms with E-state index in [1.807, 2.05) is 29.7 Å². The van der Waals surface area contributed by atoms with Crippen LogP contribution in [0.2, 0.25) is 0 Å². The maximum Gasteiger partial charge on any atom is 0.201 e. The molecule has 0 spiro atoms. The number of benzene rings is 1. The molecule has 0 amide bonds. The van der Waals surface area contributed by atoms with Crippen molar-refractivity contribution in [1.82, 2.24) is 9.55 Å². The van der Waals surface area contributed by atoms with E-state index in [0.717, 1.165) is 16.6 Å². The zero-order valence-electron chi connectivity index (χ0n) is 8.20. The van der Waals surface area contributed by atoms with Gasteiger partial charge in [0.15, 0.2) is 0 Å². The molecule has 74 valence electrons. The first-order valence-corrected chi connectivity index (χ1v) is 4.65. The largest absolute Gasteiger partial charge is 0.369 e. The Kier molecular flexibility index (Phi) is 2.13. The lowest BCUT2D eigenvalue weighted by molar-refractivity contribution is 0.738. The fourth-order valence-electron chi connectivity index (χ4n) is 1.67. The summed E-state index contributed by atoms with van der Waals surface area (Å²) in [6, 6.07) is 6.05. The Labute approximate surface area is 82.5 Å². The normalized spacial score (nSPS) is 11.0. The van der Waals surface area contributed by atoms with E-state index >= 15 is 0 Å². The minimum absolute atomic E-state index is 0.541. The van der Waals surface area contributed by atoms with Crippen LogP contribution < -0.4 is 11.5 Å². The molecule has 4 N–H and O–H groups in total. The summed E-state index contributed by atoms with van der Waals surface area (Å²) in [6.07, 6.45) is 0. The number of hydrogen-bond acceptors (Lipinski definition) is 3. The lowest BCUT2D eigenvalue weighted by atomic mass is 10.2. The molecule has 0 saturated carbocycles. The van der Waals surface area contributed by atoms with Crippen molar-refractivity contribution >= 4 is 17.0 Å². The Balaban J connectivity index is 2.70. The summed E-state index contributed by atoms with van der Waals surface area (Å²) in [5, 5.41) is 0. The number of nitrogens with two attached hydrogens (primary N) is 2. The van der Waals surface area contributed by atoms with Crippen LogP contribution in [0.5, 0.6) is 0 Å². The van der Waals surface area contributed by atoms with Crippen LogP contribution >= 0.6 is 0 Å². The highest BCUT2D eigenvalue weighted by Gasteiger charge is 2.07.